The third kappa shape index (κ3) is 6.93. The molecule has 1 atom stereocenters. The monoisotopic (exact) mass is 606 g/mol. The van der Waals surface area contributed by atoms with Gasteiger partial charge in [-0.1, -0.05) is 46.3 Å². The Balaban J connectivity index is 1.47. The summed E-state index contributed by atoms with van der Waals surface area (Å²) in [6, 6.07) is 23.2. The topological polar surface area (TPSA) is 93.7 Å². The molecule has 0 spiro atoms. The number of hydrogen-bond acceptors (Lipinski definition) is 6. The first-order chi connectivity index (χ1) is 18.8. The lowest BCUT2D eigenvalue weighted by molar-refractivity contribution is -0.122. The van der Waals surface area contributed by atoms with Gasteiger partial charge < -0.3 is 20.1 Å². The molecule has 0 saturated carbocycles. The molecule has 0 fully saturated rings. The summed E-state index contributed by atoms with van der Waals surface area (Å²) in [6.45, 7) is 5.52. The molecule has 2 amide bonds. The van der Waals surface area contributed by atoms with Crippen LogP contribution in [0.4, 0.5) is 10.7 Å². The van der Waals surface area contributed by atoms with Gasteiger partial charge >= 0.3 is 5.97 Å². The number of esters is 1. The fourth-order valence-electron chi connectivity index (χ4n) is 3.88. The molecule has 2 N–H and O–H groups in total. The van der Waals surface area contributed by atoms with E-state index in [1.807, 2.05) is 49.4 Å². The standard InChI is InChI=1S/C30H27BrN2O5S/c1-4-37-30(36)26-25(20-8-6-5-7-9-20)19(3)39-29(26)33-28(35)21-10-16-24(17-11-21)38-18(2)27(34)32-23-14-12-22(31)13-15-23/h5-18H,4H2,1-3H3,(H,32,34)(H,33,35)/t18-/m1/s1. The van der Waals surface area contributed by atoms with Crippen molar-refractivity contribution in [1.82, 2.24) is 0 Å². The number of carbonyl (C=O) groups is 3. The van der Waals surface area contributed by atoms with Crippen LogP contribution in [0.1, 0.15) is 39.4 Å². The lowest BCUT2D eigenvalue weighted by Crippen LogP contribution is -2.30. The summed E-state index contributed by atoms with van der Waals surface area (Å²) in [7, 11) is 0. The van der Waals surface area contributed by atoms with Crippen LogP contribution in [0.25, 0.3) is 11.1 Å². The van der Waals surface area contributed by atoms with Crippen molar-refractivity contribution in [2.75, 3.05) is 17.2 Å². The molecular weight excluding hydrogens is 580 g/mol. The van der Waals surface area contributed by atoms with Crippen LogP contribution in [0.3, 0.4) is 0 Å². The van der Waals surface area contributed by atoms with Gasteiger partial charge in [0.1, 0.15) is 16.3 Å². The van der Waals surface area contributed by atoms with E-state index < -0.39 is 12.1 Å². The maximum atomic E-state index is 13.1. The fraction of sp³-hybridized carbons (Fsp3) is 0.167. The van der Waals surface area contributed by atoms with E-state index in [0.717, 1.165) is 20.5 Å². The van der Waals surface area contributed by atoms with Crippen LogP contribution in [0.2, 0.25) is 0 Å². The number of carbonyl (C=O) groups excluding carboxylic acids is 3. The van der Waals surface area contributed by atoms with Gasteiger partial charge in [-0.15, -0.1) is 11.3 Å². The molecule has 0 saturated heterocycles. The number of anilines is 2. The molecular formula is C30H27BrN2O5S. The first-order valence-electron chi connectivity index (χ1n) is 12.3. The average molecular weight is 608 g/mol. The van der Waals surface area contributed by atoms with Crippen molar-refractivity contribution in [3.8, 4) is 16.9 Å². The number of thiophene rings is 1. The third-order valence-electron chi connectivity index (χ3n) is 5.76. The number of hydrogen-bond donors (Lipinski definition) is 2. The van der Waals surface area contributed by atoms with Crippen molar-refractivity contribution < 1.29 is 23.9 Å². The molecule has 3 aromatic carbocycles. The van der Waals surface area contributed by atoms with Gasteiger partial charge in [0.2, 0.25) is 0 Å². The van der Waals surface area contributed by atoms with Gasteiger partial charge in [0.15, 0.2) is 6.10 Å². The molecule has 200 valence electrons. The SMILES string of the molecule is CCOC(=O)c1c(NC(=O)c2ccc(O[C@H](C)C(=O)Nc3ccc(Br)cc3)cc2)sc(C)c1-c1ccccc1. The van der Waals surface area contributed by atoms with Gasteiger partial charge in [-0.3, -0.25) is 9.59 Å². The van der Waals surface area contributed by atoms with Crippen LogP contribution in [0, 0.1) is 6.92 Å². The number of halogens is 1. The average Bonchev–Trinajstić information content (AvgIpc) is 3.26. The quantitative estimate of drug-likeness (QED) is 0.195. The summed E-state index contributed by atoms with van der Waals surface area (Å²) in [5.74, 6) is -0.729. The molecule has 1 heterocycles. The maximum absolute atomic E-state index is 13.1. The molecule has 7 nitrogen and oxygen atoms in total. The smallest absolute Gasteiger partial charge is 0.341 e. The van der Waals surface area contributed by atoms with E-state index in [2.05, 4.69) is 26.6 Å². The molecule has 0 aliphatic carbocycles. The Kier molecular flexibility index (Phi) is 9.16. The van der Waals surface area contributed by atoms with Crippen LogP contribution >= 0.6 is 27.3 Å². The van der Waals surface area contributed by atoms with Gasteiger partial charge in [-0.05, 0) is 74.9 Å². The largest absolute Gasteiger partial charge is 0.481 e. The normalized spacial score (nSPS) is 11.4. The van der Waals surface area contributed by atoms with Crippen LogP contribution in [0.15, 0.2) is 83.3 Å². The van der Waals surface area contributed by atoms with E-state index in [9.17, 15) is 14.4 Å². The Morgan fingerprint density at radius 3 is 2.23 bits per heavy atom. The highest BCUT2D eigenvalue weighted by atomic mass is 79.9. The second-order valence-corrected chi connectivity index (χ2v) is 10.7. The zero-order valence-electron chi connectivity index (χ0n) is 21.6. The number of nitrogens with one attached hydrogen (secondary N) is 2. The highest BCUT2D eigenvalue weighted by Crippen LogP contribution is 2.40. The highest BCUT2D eigenvalue weighted by molar-refractivity contribution is 9.10. The van der Waals surface area contributed by atoms with E-state index in [-0.39, 0.29) is 18.4 Å². The molecule has 0 aliphatic rings. The molecule has 39 heavy (non-hydrogen) atoms. The molecule has 4 rings (SSSR count). The van der Waals surface area contributed by atoms with Gasteiger partial charge in [0, 0.05) is 26.2 Å². The Labute approximate surface area is 239 Å². The Morgan fingerprint density at radius 1 is 0.923 bits per heavy atom. The van der Waals surface area contributed by atoms with E-state index in [0.29, 0.717) is 27.6 Å². The van der Waals surface area contributed by atoms with E-state index in [1.54, 1.807) is 50.2 Å². The minimum atomic E-state index is -0.758. The summed E-state index contributed by atoms with van der Waals surface area (Å²) < 4.78 is 12.0. The lowest BCUT2D eigenvalue weighted by atomic mass is 10.0. The Bertz CT molecular complexity index is 1470. The molecule has 9 heteroatoms. The fourth-order valence-corrected chi connectivity index (χ4v) is 5.20. The first kappa shape index (κ1) is 28.1. The summed E-state index contributed by atoms with van der Waals surface area (Å²) >= 11 is 4.69. The molecule has 0 radical (unpaired) electrons. The van der Waals surface area contributed by atoms with Crippen molar-refractivity contribution in [3.63, 3.8) is 0 Å². The van der Waals surface area contributed by atoms with Gasteiger partial charge in [-0.25, -0.2) is 4.79 Å². The minimum Gasteiger partial charge on any atom is -0.481 e. The van der Waals surface area contributed by atoms with Gasteiger partial charge in [0.25, 0.3) is 11.8 Å². The van der Waals surface area contributed by atoms with Crippen LogP contribution < -0.4 is 15.4 Å². The molecule has 0 unspecified atom stereocenters. The first-order valence-corrected chi connectivity index (χ1v) is 13.9. The molecule has 1 aromatic heterocycles. The summed E-state index contributed by atoms with van der Waals surface area (Å²) in [5, 5.41) is 6.10. The number of aryl methyl sites for hydroxylation is 1. The Morgan fingerprint density at radius 2 is 1.59 bits per heavy atom. The van der Waals surface area contributed by atoms with E-state index in [4.69, 9.17) is 9.47 Å². The predicted molar refractivity (Wildman–Crippen MR) is 158 cm³/mol. The Hall–Kier alpha value is -3.95. The summed E-state index contributed by atoms with van der Waals surface area (Å²) in [6.07, 6.45) is -0.758. The lowest BCUT2D eigenvalue weighted by Gasteiger charge is -2.15. The number of rotatable bonds is 9. The van der Waals surface area contributed by atoms with Crippen LogP contribution in [-0.4, -0.2) is 30.5 Å². The van der Waals surface area contributed by atoms with Crippen LogP contribution in [-0.2, 0) is 9.53 Å². The molecule has 0 aliphatic heterocycles. The van der Waals surface area contributed by atoms with Crippen molar-refractivity contribution in [3.05, 3.63) is 99.3 Å². The third-order valence-corrected chi connectivity index (χ3v) is 7.31. The van der Waals surface area contributed by atoms with Gasteiger partial charge in [-0.2, -0.15) is 0 Å². The zero-order valence-corrected chi connectivity index (χ0v) is 24.0. The number of amides is 2. The van der Waals surface area contributed by atoms with Crippen molar-refractivity contribution in [2.24, 2.45) is 0 Å². The number of benzene rings is 3. The number of ether oxygens (including phenoxy) is 2. The van der Waals surface area contributed by atoms with E-state index in [1.165, 1.54) is 11.3 Å². The maximum Gasteiger partial charge on any atom is 0.341 e. The predicted octanol–water partition coefficient (Wildman–Crippen LogP) is 7.32. The van der Waals surface area contributed by atoms with Crippen molar-refractivity contribution in [2.45, 2.75) is 26.9 Å². The molecule has 0 bridgehead atoms. The highest BCUT2D eigenvalue weighted by Gasteiger charge is 2.26. The summed E-state index contributed by atoms with van der Waals surface area (Å²) in [5.41, 5.74) is 2.98. The second kappa shape index (κ2) is 12.7. The second-order valence-electron chi connectivity index (χ2n) is 8.56. The van der Waals surface area contributed by atoms with Crippen molar-refractivity contribution >= 4 is 55.7 Å². The minimum absolute atomic E-state index is 0.219. The van der Waals surface area contributed by atoms with Crippen LogP contribution in [0.5, 0.6) is 5.75 Å². The summed E-state index contributed by atoms with van der Waals surface area (Å²) in [4.78, 5) is 39.4. The van der Waals surface area contributed by atoms with Crippen molar-refractivity contribution in [1.29, 1.82) is 0 Å². The zero-order chi connectivity index (χ0) is 27.9. The van der Waals surface area contributed by atoms with Gasteiger partial charge in [0.05, 0.1) is 6.61 Å². The van der Waals surface area contributed by atoms with E-state index >= 15 is 0 Å². The molecule has 4 aromatic rings.